The molecule has 1 unspecified atom stereocenters. The van der Waals surface area contributed by atoms with Crippen molar-refractivity contribution in [3.8, 4) is 11.5 Å². The molecule has 0 bridgehead atoms. The molecule has 0 amide bonds. The summed E-state index contributed by atoms with van der Waals surface area (Å²) in [7, 11) is 0. The van der Waals surface area contributed by atoms with Crippen molar-refractivity contribution in [1.29, 1.82) is 0 Å². The molecule has 6 heteroatoms. The fourth-order valence-electron chi connectivity index (χ4n) is 2.24. The van der Waals surface area contributed by atoms with Gasteiger partial charge in [0.1, 0.15) is 17.9 Å². The number of fused-ring (bicyclic) bond motifs is 3. The molecule has 0 radical (unpaired) electrons. The number of benzene rings is 1. The fourth-order valence-corrected chi connectivity index (χ4v) is 3.38. The molecule has 0 fully saturated rings. The van der Waals surface area contributed by atoms with Crippen LogP contribution in [0.2, 0.25) is 4.47 Å². The van der Waals surface area contributed by atoms with E-state index in [0.717, 1.165) is 10.3 Å². The molecule has 2 aromatic rings. The van der Waals surface area contributed by atoms with Gasteiger partial charge in [-0.1, -0.05) is 43.7 Å². The Morgan fingerprint density at radius 1 is 1.35 bits per heavy atom. The van der Waals surface area contributed by atoms with Crippen molar-refractivity contribution in [2.45, 2.75) is 26.9 Å². The van der Waals surface area contributed by atoms with Crippen LogP contribution in [0.25, 0.3) is 10.2 Å². The lowest BCUT2D eigenvalue weighted by Gasteiger charge is -2.28. The van der Waals surface area contributed by atoms with Gasteiger partial charge in [0, 0.05) is 5.56 Å². The summed E-state index contributed by atoms with van der Waals surface area (Å²) in [5.74, 6) is 1.34. The maximum atomic E-state index is 10.6. The third-order valence-electron chi connectivity index (χ3n) is 3.29. The van der Waals surface area contributed by atoms with Gasteiger partial charge in [0.05, 0.1) is 11.6 Å². The van der Waals surface area contributed by atoms with Crippen molar-refractivity contribution in [3.05, 3.63) is 16.1 Å². The maximum Gasteiger partial charge on any atom is 0.184 e. The number of ether oxygens (including phenoxy) is 2. The lowest BCUT2D eigenvalue weighted by molar-refractivity contribution is 0.0633. The van der Waals surface area contributed by atoms with Crippen molar-refractivity contribution in [1.82, 2.24) is 4.98 Å². The molecule has 1 aliphatic heterocycles. The van der Waals surface area contributed by atoms with Crippen LogP contribution >= 0.6 is 22.9 Å². The summed E-state index contributed by atoms with van der Waals surface area (Å²) in [5.41, 5.74) is 1.14. The van der Waals surface area contributed by atoms with Gasteiger partial charge in [-0.25, -0.2) is 4.98 Å². The Balaban J connectivity index is 2.27. The van der Waals surface area contributed by atoms with Crippen molar-refractivity contribution in [2.24, 2.45) is 5.41 Å². The van der Waals surface area contributed by atoms with Crippen molar-refractivity contribution < 1.29 is 14.6 Å². The van der Waals surface area contributed by atoms with E-state index in [1.165, 1.54) is 11.3 Å². The smallest absolute Gasteiger partial charge is 0.184 e. The molecule has 0 saturated heterocycles. The number of hydrogen-bond acceptors (Lipinski definition) is 5. The Kier molecular flexibility index (Phi) is 3.31. The highest BCUT2D eigenvalue weighted by atomic mass is 35.5. The van der Waals surface area contributed by atoms with Crippen LogP contribution in [0.5, 0.6) is 11.5 Å². The Morgan fingerprint density at radius 2 is 2.05 bits per heavy atom. The first-order chi connectivity index (χ1) is 9.38. The third kappa shape index (κ3) is 2.24. The van der Waals surface area contributed by atoms with Crippen LogP contribution in [-0.2, 0) is 0 Å². The third-order valence-corrected chi connectivity index (χ3v) is 4.45. The maximum absolute atomic E-state index is 10.6. The van der Waals surface area contributed by atoms with Gasteiger partial charge in [0.15, 0.2) is 16.0 Å². The van der Waals surface area contributed by atoms with E-state index in [4.69, 9.17) is 21.1 Å². The molecule has 0 aliphatic carbocycles. The second-order valence-corrected chi connectivity index (χ2v) is 7.48. The zero-order chi connectivity index (χ0) is 14.5. The molecule has 1 atom stereocenters. The van der Waals surface area contributed by atoms with Gasteiger partial charge in [-0.3, -0.25) is 0 Å². The minimum atomic E-state index is -0.654. The standard InChI is InChI=1S/C14H16ClNO3S/c1-14(2,3)12(17)7-6-8-10(19-5-4-18-8)11-9(7)16-13(15)20-11/h6,12,17H,4-5H2,1-3H3. The average molecular weight is 314 g/mol. The van der Waals surface area contributed by atoms with Gasteiger partial charge >= 0.3 is 0 Å². The Morgan fingerprint density at radius 3 is 2.75 bits per heavy atom. The van der Waals surface area contributed by atoms with Crippen molar-refractivity contribution in [2.75, 3.05) is 13.2 Å². The fraction of sp³-hybridized carbons (Fsp3) is 0.500. The number of hydrogen-bond donors (Lipinski definition) is 1. The van der Waals surface area contributed by atoms with Crippen molar-refractivity contribution >= 4 is 33.2 Å². The number of aliphatic hydroxyl groups is 1. The summed E-state index contributed by atoms with van der Waals surface area (Å²) in [4.78, 5) is 4.34. The molecule has 2 heterocycles. The van der Waals surface area contributed by atoms with Crippen LogP contribution in [0.4, 0.5) is 0 Å². The lowest BCUT2D eigenvalue weighted by Crippen LogP contribution is -2.20. The molecular weight excluding hydrogens is 298 g/mol. The first-order valence-electron chi connectivity index (χ1n) is 6.44. The molecule has 3 rings (SSSR count). The summed E-state index contributed by atoms with van der Waals surface area (Å²) >= 11 is 7.39. The molecule has 0 saturated carbocycles. The molecule has 1 aromatic carbocycles. The highest BCUT2D eigenvalue weighted by Gasteiger charge is 2.30. The minimum absolute atomic E-state index is 0.299. The zero-order valence-electron chi connectivity index (χ0n) is 11.6. The second kappa shape index (κ2) is 4.76. The molecule has 1 aliphatic rings. The molecule has 1 N–H and O–H groups in total. The largest absolute Gasteiger partial charge is 0.486 e. The van der Waals surface area contributed by atoms with E-state index in [9.17, 15) is 5.11 Å². The van der Waals surface area contributed by atoms with Crippen LogP contribution < -0.4 is 9.47 Å². The van der Waals surface area contributed by atoms with Crippen LogP contribution in [-0.4, -0.2) is 23.3 Å². The number of halogens is 1. The highest BCUT2D eigenvalue weighted by molar-refractivity contribution is 7.22. The first kappa shape index (κ1) is 13.9. The molecular formula is C14H16ClNO3S. The molecule has 0 spiro atoms. The number of aromatic nitrogens is 1. The van der Waals surface area contributed by atoms with E-state index in [-0.39, 0.29) is 5.41 Å². The number of aliphatic hydroxyl groups excluding tert-OH is 1. The summed E-state index contributed by atoms with van der Waals surface area (Å²) in [6.07, 6.45) is -0.654. The summed E-state index contributed by atoms with van der Waals surface area (Å²) in [6.45, 7) is 6.96. The van der Waals surface area contributed by atoms with Gasteiger partial charge in [-0.05, 0) is 11.5 Å². The van der Waals surface area contributed by atoms with Crippen LogP contribution in [0.3, 0.4) is 0 Å². The van der Waals surface area contributed by atoms with Gasteiger partial charge in [-0.2, -0.15) is 0 Å². The Hall–Kier alpha value is -1.04. The van der Waals surface area contributed by atoms with E-state index < -0.39 is 6.10 Å². The highest BCUT2D eigenvalue weighted by Crippen LogP contribution is 2.47. The average Bonchev–Trinajstić information content (AvgIpc) is 2.77. The summed E-state index contributed by atoms with van der Waals surface area (Å²) in [6, 6.07) is 1.82. The SMILES string of the molecule is CC(C)(C)C(O)c1cc2c(c3sc(Cl)nc13)OCCO2. The van der Waals surface area contributed by atoms with Crippen LogP contribution in [0.1, 0.15) is 32.4 Å². The first-order valence-corrected chi connectivity index (χ1v) is 7.64. The van der Waals surface area contributed by atoms with E-state index in [2.05, 4.69) is 4.98 Å². The molecule has 4 nitrogen and oxygen atoms in total. The Bertz CT molecular complexity index is 662. The van der Waals surface area contributed by atoms with Gasteiger partial charge in [0.25, 0.3) is 0 Å². The van der Waals surface area contributed by atoms with Gasteiger partial charge < -0.3 is 14.6 Å². The molecule has 20 heavy (non-hydrogen) atoms. The lowest BCUT2D eigenvalue weighted by atomic mass is 9.84. The van der Waals surface area contributed by atoms with E-state index in [0.29, 0.717) is 34.7 Å². The second-order valence-electron chi connectivity index (χ2n) is 5.90. The van der Waals surface area contributed by atoms with E-state index >= 15 is 0 Å². The van der Waals surface area contributed by atoms with E-state index in [1.54, 1.807) is 0 Å². The topological polar surface area (TPSA) is 51.6 Å². The molecule has 1 aromatic heterocycles. The number of nitrogens with zero attached hydrogens (tertiary/aromatic N) is 1. The normalized spacial score (nSPS) is 16.4. The van der Waals surface area contributed by atoms with Crippen molar-refractivity contribution in [3.63, 3.8) is 0 Å². The number of thiazole rings is 1. The van der Waals surface area contributed by atoms with Gasteiger partial charge in [0.2, 0.25) is 0 Å². The minimum Gasteiger partial charge on any atom is -0.486 e. The monoisotopic (exact) mass is 313 g/mol. The zero-order valence-corrected chi connectivity index (χ0v) is 13.1. The van der Waals surface area contributed by atoms with Crippen LogP contribution in [0, 0.1) is 5.41 Å². The van der Waals surface area contributed by atoms with E-state index in [1.807, 2.05) is 26.8 Å². The predicted octanol–water partition coefficient (Wildman–Crippen LogP) is 3.80. The summed E-state index contributed by atoms with van der Waals surface area (Å²) < 4.78 is 12.6. The Labute approximate surface area is 126 Å². The molecule has 108 valence electrons. The van der Waals surface area contributed by atoms with Gasteiger partial charge in [-0.15, -0.1) is 0 Å². The quantitative estimate of drug-likeness (QED) is 0.870. The summed E-state index contributed by atoms with van der Waals surface area (Å²) in [5, 5.41) is 10.6. The number of rotatable bonds is 1. The van der Waals surface area contributed by atoms with Crippen LogP contribution in [0.15, 0.2) is 6.07 Å². The predicted molar refractivity (Wildman–Crippen MR) is 80.0 cm³/mol.